The van der Waals surface area contributed by atoms with Crippen LogP contribution in [0.2, 0.25) is 0 Å². The second-order valence-corrected chi connectivity index (χ2v) is 9.49. The minimum atomic E-state index is -0.747. The number of piperazine rings is 1. The number of alkyl halides is 1. The van der Waals surface area contributed by atoms with Gasteiger partial charge in [0.1, 0.15) is 16.8 Å². The van der Waals surface area contributed by atoms with Crippen LogP contribution in [-0.2, 0) is 11.3 Å². The third kappa shape index (κ3) is 4.58. The summed E-state index contributed by atoms with van der Waals surface area (Å²) in [6, 6.07) is 20.7. The number of carbonyl (C=O) groups excluding carboxylic acids is 2. The average Bonchev–Trinajstić information content (AvgIpc) is 3.50. The van der Waals surface area contributed by atoms with Gasteiger partial charge in [-0.1, -0.05) is 42.5 Å². The summed E-state index contributed by atoms with van der Waals surface area (Å²) >= 11 is 6.51. The van der Waals surface area contributed by atoms with Crippen molar-refractivity contribution in [2.24, 2.45) is 0 Å². The molecule has 0 bridgehead atoms. The Labute approximate surface area is 214 Å². The SMILES string of the molecule is COc1cccc(Cn2c(C(=O)N3CCN(C(=O)[C@H](Cl)c4ccccc4)[C@@H](C)C3)cc3ccoc32)c1. The Kier molecular flexibility index (Phi) is 6.74. The van der Waals surface area contributed by atoms with Crippen LogP contribution in [0.15, 0.2) is 77.4 Å². The molecule has 0 spiro atoms. The van der Waals surface area contributed by atoms with Crippen molar-refractivity contribution in [3.63, 3.8) is 0 Å². The first-order chi connectivity index (χ1) is 17.5. The lowest BCUT2D eigenvalue weighted by Gasteiger charge is -2.40. The van der Waals surface area contributed by atoms with Crippen LogP contribution >= 0.6 is 11.6 Å². The number of carbonyl (C=O) groups is 2. The topological polar surface area (TPSA) is 67.9 Å². The van der Waals surface area contributed by atoms with Crippen LogP contribution in [0.3, 0.4) is 0 Å². The summed E-state index contributed by atoms with van der Waals surface area (Å²) in [5, 5.41) is 0.124. The highest BCUT2D eigenvalue weighted by atomic mass is 35.5. The Morgan fingerprint density at radius 3 is 2.64 bits per heavy atom. The van der Waals surface area contributed by atoms with Crippen LogP contribution in [-0.4, -0.2) is 59.0 Å². The van der Waals surface area contributed by atoms with Crippen LogP contribution in [0.25, 0.3) is 11.1 Å². The van der Waals surface area contributed by atoms with Crippen molar-refractivity contribution in [2.75, 3.05) is 26.7 Å². The zero-order chi connectivity index (χ0) is 25.2. The molecule has 1 saturated heterocycles. The Morgan fingerprint density at radius 1 is 1.08 bits per heavy atom. The summed E-state index contributed by atoms with van der Waals surface area (Å²) in [5.41, 5.74) is 2.97. The molecule has 186 valence electrons. The number of rotatable bonds is 6. The van der Waals surface area contributed by atoms with Gasteiger partial charge in [-0.25, -0.2) is 0 Å². The van der Waals surface area contributed by atoms with Crippen molar-refractivity contribution in [3.05, 3.63) is 89.8 Å². The van der Waals surface area contributed by atoms with Crippen LogP contribution < -0.4 is 4.74 Å². The molecule has 0 unspecified atom stereocenters. The number of nitrogens with zero attached hydrogens (tertiary/aromatic N) is 3. The number of benzene rings is 2. The molecule has 2 amide bonds. The Morgan fingerprint density at radius 2 is 1.89 bits per heavy atom. The van der Waals surface area contributed by atoms with E-state index in [-0.39, 0.29) is 17.9 Å². The standard InChI is InChI=1S/C28H28ClN3O4/c1-19-17-30(12-13-31(19)27(34)25(29)21-8-4-3-5-9-21)26(33)24-16-22-11-14-36-28(22)32(24)18-20-7-6-10-23(15-20)35-2/h3-11,14-16,19,25H,12-13,17-18H2,1-2H3/t19-,25+/m0/s1. The molecule has 1 aliphatic heterocycles. The average molecular weight is 506 g/mol. The molecule has 1 aliphatic rings. The highest BCUT2D eigenvalue weighted by molar-refractivity contribution is 6.30. The summed E-state index contributed by atoms with van der Waals surface area (Å²) < 4.78 is 13.0. The van der Waals surface area contributed by atoms with Gasteiger partial charge in [0.25, 0.3) is 5.91 Å². The van der Waals surface area contributed by atoms with Gasteiger partial charge in [0.15, 0.2) is 0 Å². The highest BCUT2D eigenvalue weighted by Crippen LogP contribution is 2.28. The smallest absolute Gasteiger partial charge is 0.270 e. The highest BCUT2D eigenvalue weighted by Gasteiger charge is 2.34. The fraction of sp³-hybridized carbons (Fsp3) is 0.286. The van der Waals surface area contributed by atoms with E-state index in [0.29, 0.717) is 37.6 Å². The Balaban J connectivity index is 1.34. The number of hydrogen-bond acceptors (Lipinski definition) is 4. The molecular weight excluding hydrogens is 478 g/mol. The molecule has 3 heterocycles. The van der Waals surface area contributed by atoms with Gasteiger partial charge >= 0.3 is 0 Å². The zero-order valence-corrected chi connectivity index (χ0v) is 21.0. The molecular formula is C28H28ClN3O4. The zero-order valence-electron chi connectivity index (χ0n) is 20.3. The van der Waals surface area contributed by atoms with E-state index in [1.165, 1.54) is 0 Å². The third-order valence-corrected chi connectivity index (χ3v) is 7.14. The second kappa shape index (κ2) is 10.1. The van der Waals surface area contributed by atoms with Crippen molar-refractivity contribution < 1.29 is 18.7 Å². The molecule has 0 saturated carbocycles. The summed E-state index contributed by atoms with van der Waals surface area (Å²) in [6.45, 7) is 3.70. The number of halogens is 1. The van der Waals surface area contributed by atoms with Crippen LogP contribution in [0.5, 0.6) is 5.75 Å². The summed E-state index contributed by atoms with van der Waals surface area (Å²) in [7, 11) is 1.63. The summed E-state index contributed by atoms with van der Waals surface area (Å²) in [6.07, 6.45) is 1.63. The number of amides is 2. The number of hydrogen-bond donors (Lipinski definition) is 0. The second-order valence-electron chi connectivity index (χ2n) is 9.05. The Bertz CT molecular complexity index is 1380. The largest absolute Gasteiger partial charge is 0.497 e. The molecule has 0 N–H and O–H groups in total. The molecule has 5 rings (SSSR count). The fourth-order valence-corrected chi connectivity index (χ4v) is 5.08. The predicted octanol–water partition coefficient (Wildman–Crippen LogP) is 4.94. The van der Waals surface area contributed by atoms with Crippen molar-refractivity contribution in [2.45, 2.75) is 24.9 Å². The predicted molar refractivity (Wildman–Crippen MR) is 138 cm³/mol. The molecule has 36 heavy (non-hydrogen) atoms. The molecule has 0 radical (unpaired) electrons. The lowest BCUT2D eigenvalue weighted by molar-refractivity contribution is -0.135. The number of ether oxygens (including phenoxy) is 1. The molecule has 0 aliphatic carbocycles. The van der Waals surface area contributed by atoms with E-state index >= 15 is 0 Å². The summed E-state index contributed by atoms with van der Waals surface area (Å²) in [5.74, 6) is 0.529. The molecule has 7 nitrogen and oxygen atoms in total. The van der Waals surface area contributed by atoms with Gasteiger partial charge in [0.2, 0.25) is 11.6 Å². The maximum atomic E-state index is 13.7. The van der Waals surface area contributed by atoms with Gasteiger partial charge in [-0.2, -0.15) is 0 Å². The fourth-order valence-electron chi connectivity index (χ4n) is 4.80. The first kappa shape index (κ1) is 24.0. The molecule has 2 atom stereocenters. The number of methoxy groups -OCH3 is 1. The molecule has 2 aromatic carbocycles. The minimum Gasteiger partial charge on any atom is -0.497 e. The third-order valence-electron chi connectivity index (χ3n) is 6.70. The van der Waals surface area contributed by atoms with Crippen molar-refractivity contribution in [3.8, 4) is 5.75 Å². The van der Waals surface area contributed by atoms with E-state index in [9.17, 15) is 9.59 Å². The van der Waals surface area contributed by atoms with E-state index in [2.05, 4.69) is 0 Å². The van der Waals surface area contributed by atoms with Crippen LogP contribution in [0.4, 0.5) is 0 Å². The van der Waals surface area contributed by atoms with Gasteiger partial charge in [0, 0.05) is 31.1 Å². The lowest BCUT2D eigenvalue weighted by Crippen LogP contribution is -2.56. The van der Waals surface area contributed by atoms with E-state index in [1.54, 1.807) is 23.2 Å². The van der Waals surface area contributed by atoms with Gasteiger partial charge in [-0.3, -0.25) is 9.59 Å². The Hall–Kier alpha value is -3.71. The van der Waals surface area contributed by atoms with Crippen LogP contribution in [0, 0.1) is 0 Å². The van der Waals surface area contributed by atoms with E-state index in [4.69, 9.17) is 20.8 Å². The van der Waals surface area contributed by atoms with E-state index in [0.717, 1.165) is 22.3 Å². The number of aromatic nitrogens is 1. The molecule has 4 aromatic rings. The molecule has 1 fully saturated rings. The quantitative estimate of drug-likeness (QED) is 0.348. The minimum absolute atomic E-state index is 0.0891. The van der Waals surface area contributed by atoms with E-state index < -0.39 is 5.38 Å². The van der Waals surface area contributed by atoms with E-state index in [1.807, 2.05) is 78.2 Å². The van der Waals surface area contributed by atoms with Crippen molar-refractivity contribution in [1.82, 2.24) is 14.4 Å². The lowest BCUT2D eigenvalue weighted by atomic mass is 10.1. The molecule has 8 heteroatoms. The van der Waals surface area contributed by atoms with Gasteiger partial charge in [-0.05, 0) is 42.3 Å². The number of fused-ring (bicyclic) bond motifs is 1. The van der Waals surface area contributed by atoms with Crippen LogP contribution in [0.1, 0.15) is 33.9 Å². The summed E-state index contributed by atoms with van der Waals surface area (Å²) in [4.78, 5) is 30.4. The van der Waals surface area contributed by atoms with Gasteiger partial charge < -0.3 is 23.5 Å². The first-order valence-electron chi connectivity index (χ1n) is 11.9. The maximum Gasteiger partial charge on any atom is 0.270 e. The first-order valence-corrected chi connectivity index (χ1v) is 12.4. The van der Waals surface area contributed by atoms with Crippen molar-refractivity contribution in [1.29, 1.82) is 0 Å². The maximum absolute atomic E-state index is 13.7. The van der Waals surface area contributed by atoms with Gasteiger partial charge in [-0.15, -0.1) is 11.6 Å². The number of furan rings is 1. The van der Waals surface area contributed by atoms with Gasteiger partial charge in [0.05, 0.1) is 19.9 Å². The normalized spacial score (nSPS) is 16.8. The van der Waals surface area contributed by atoms with Crippen molar-refractivity contribution >= 4 is 34.5 Å². The molecule has 2 aromatic heterocycles. The monoisotopic (exact) mass is 505 g/mol.